The average molecular weight is 456 g/mol. The molecular weight excluding hydrogens is 422 g/mol. The topological polar surface area (TPSA) is 137 Å². The molecule has 8 nitrogen and oxygen atoms in total. The first-order chi connectivity index (χ1) is 15.9. The van der Waals surface area contributed by atoms with E-state index in [1.54, 1.807) is 0 Å². The molecule has 2 aromatic rings. The minimum atomic E-state index is -1.26. The van der Waals surface area contributed by atoms with E-state index in [-0.39, 0.29) is 5.96 Å². The minimum absolute atomic E-state index is 0.153. The van der Waals surface area contributed by atoms with Crippen molar-refractivity contribution in [2.45, 2.75) is 38.6 Å². The number of para-hydroxylation sites is 1. The Kier molecular flexibility index (Phi) is 13.9. The monoisotopic (exact) mass is 455 g/mol. The van der Waals surface area contributed by atoms with E-state index >= 15 is 0 Å². The summed E-state index contributed by atoms with van der Waals surface area (Å²) in [6, 6.07) is 20.1. The summed E-state index contributed by atoms with van der Waals surface area (Å²) in [5, 5.41) is 23.4. The Bertz CT molecular complexity index is 841. The number of nitrogens with zero attached hydrogens (tertiary/aromatic N) is 1. The zero-order valence-electron chi connectivity index (χ0n) is 18.7. The zero-order chi connectivity index (χ0) is 24.3. The highest BCUT2D eigenvalue weighted by molar-refractivity contribution is 5.89. The number of guanidine groups is 1. The molecule has 8 heteroatoms. The highest BCUT2D eigenvalue weighted by Crippen LogP contribution is 2.11. The summed E-state index contributed by atoms with van der Waals surface area (Å²) in [4.78, 5) is 21.0. The van der Waals surface area contributed by atoms with Crippen LogP contribution in [0.3, 0.4) is 0 Å². The smallest absolute Gasteiger partial charge is 0.328 e. The highest BCUT2D eigenvalue weighted by atomic mass is 16.5. The summed E-state index contributed by atoms with van der Waals surface area (Å²) in [6.07, 6.45) is 6.77. The molecule has 0 atom stereocenters. The Morgan fingerprint density at radius 2 is 1.36 bits per heavy atom. The number of benzene rings is 2. The second kappa shape index (κ2) is 16.8. The summed E-state index contributed by atoms with van der Waals surface area (Å²) in [7, 11) is 0. The molecule has 0 amide bonds. The van der Waals surface area contributed by atoms with E-state index < -0.39 is 11.9 Å². The van der Waals surface area contributed by atoms with Crippen molar-refractivity contribution >= 4 is 17.9 Å². The van der Waals surface area contributed by atoms with E-state index in [4.69, 9.17) is 26.1 Å². The van der Waals surface area contributed by atoms with Crippen LogP contribution in [-0.4, -0.2) is 46.2 Å². The number of hydrogen-bond acceptors (Lipinski definition) is 4. The third kappa shape index (κ3) is 14.8. The van der Waals surface area contributed by atoms with Crippen molar-refractivity contribution in [2.24, 2.45) is 5.73 Å². The van der Waals surface area contributed by atoms with Crippen molar-refractivity contribution in [3.8, 4) is 5.75 Å². The zero-order valence-corrected chi connectivity index (χ0v) is 18.7. The standard InChI is InChI=1S/C21H29N3O.C4H4O4/c22-21(23)24(18-19-12-6-4-7-13-19)16-10-2-1-3-11-17-25-20-14-8-5-9-15-20;5-3(6)1-2-4(7)8/h4-9,12-15H,1-3,10-11,16-18H2,(H3,22,23);1-2H,(H,5,6)(H,7,8)/b;2-1+. The maximum absolute atomic E-state index is 9.55. The number of hydrogen-bond donors (Lipinski definition) is 4. The number of carboxylic acids is 2. The molecule has 0 aliphatic heterocycles. The van der Waals surface area contributed by atoms with Crippen LogP contribution in [0.1, 0.15) is 37.7 Å². The lowest BCUT2D eigenvalue weighted by Gasteiger charge is -2.22. The summed E-state index contributed by atoms with van der Waals surface area (Å²) in [5.74, 6) is -1.42. The Morgan fingerprint density at radius 1 is 0.848 bits per heavy atom. The molecule has 0 aliphatic carbocycles. The van der Waals surface area contributed by atoms with Gasteiger partial charge in [0.25, 0.3) is 0 Å². The van der Waals surface area contributed by atoms with Gasteiger partial charge in [-0.15, -0.1) is 0 Å². The van der Waals surface area contributed by atoms with Gasteiger partial charge in [-0.3, -0.25) is 5.41 Å². The third-order valence-electron chi connectivity index (χ3n) is 4.51. The minimum Gasteiger partial charge on any atom is -0.494 e. The van der Waals surface area contributed by atoms with Crippen molar-refractivity contribution < 1.29 is 24.5 Å². The Balaban J connectivity index is 0.000000582. The fourth-order valence-corrected chi connectivity index (χ4v) is 2.87. The van der Waals surface area contributed by atoms with Crippen molar-refractivity contribution in [2.75, 3.05) is 13.2 Å². The third-order valence-corrected chi connectivity index (χ3v) is 4.51. The van der Waals surface area contributed by atoms with Crippen molar-refractivity contribution in [1.29, 1.82) is 5.41 Å². The molecule has 0 bridgehead atoms. The van der Waals surface area contributed by atoms with Gasteiger partial charge in [-0.1, -0.05) is 67.8 Å². The number of aliphatic carboxylic acids is 2. The molecule has 0 unspecified atom stereocenters. The van der Waals surface area contributed by atoms with Crippen LogP contribution >= 0.6 is 0 Å². The van der Waals surface area contributed by atoms with Crippen LogP contribution in [0.15, 0.2) is 72.8 Å². The Hall–Kier alpha value is -3.81. The van der Waals surface area contributed by atoms with Gasteiger partial charge in [-0.2, -0.15) is 0 Å². The van der Waals surface area contributed by atoms with Gasteiger partial charge >= 0.3 is 11.9 Å². The first-order valence-corrected chi connectivity index (χ1v) is 10.8. The number of carbonyl (C=O) groups is 2. The lowest BCUT2D eigenvalue weighted by Crippen LogP contribution is -2.36. The van der Waals surface area contributed by atoms with Gasteiger partial charge in [-0.05, 0) is 30.5 Å². The van der Waals surface area contributed by atoms with Gasteiger partial charge in [0.15, 0.2) is 5.96 Å². The Morgan fingerprint density at radius 3 is 1.91 bits per heavy atom. The quantitative estimate of drug-likeness (QED) is 0.154. The molecule has 0 aliphatic rings. The fourth-order valence-electron chi connectivity index (χ4n) is 2.87. The maximum atomic E-state index is 9.55. The van der Waals surface area contributed by atoms with E-state index in [0.717, 1.165) is 38.2 Å². The second-order valence-electron chi connectivity index (χ2n) is 7.23. The predicted molar refractivity (Wildman–Crippen MR) is 128 cm³/mol. The van der Waals surface area contributed by atoms with Crippen LogP contribution < -0.4 is 10.5 Å². The first-order valence-electron chi connectivity index (χ1n) is 10.8. The summed E-state index contributed by atoms with van der Waals surface area (Å²) < 4.78 is 5.70. The van der Waals surface area contributed by atoms with Gasteiger partial charge in [0.2, 0.25) is 0 Å². The second-order valence-corrected chi connectivity index (χ2v) is 7.23. The van der Waals surface area contributed by atoms with E-state index in [0.29, 0.717) is 18.7 Å². The molecule has 0 aromatic heterocycles. The molecule has 0 saturated carbocycles. The molecule has 178 valence electrons. The lowest BCUT2D eigenvalue weighted by atomic mass is 10.1. The molecule has 2 rings (SSSR count). The van der Waals surface area contributed by atoms with Gasteiger partial charge < -0.3 is 25.6 Å². The number of rotatable bonds is 13. The van der Waals surface area contributed by atoms with Crippen LogP contribution in [0.25, 0.3) is 0 Å². The summed E-state index contributed by atoms with van der Waals surface area (Å²) in [6.45, 7) is 2.32. The largest absolute Gasteiger partial charge is 0.494 e. The summed E-state index contributed by atoms with van der Waals surface area (Å²) in [5.41, 5.74) is 6.90. The SMILES string of the molecule is N=C(N)N(CCCCCCCOc1ccccc1)Cc1ccccc1.O=C(O)/C=C/C(=O)O. The van der Waals surface area contributed by atoms with Gasteiger partial charge in [0.05, 0.1) is 6.61 Å². The molecule has 0 spiro atoms. The number of nitrogens with two attached hydrogens (primary N) is 1. The average Bonchev–Trinajstić information content (AvgIpc) is 2.80. The van der Waals surface area contributed by atoms with E-state index in [1.807, 2.05) is 53.4 Å². The van der Waals surface area contributed by atoms with Crippen LogP contribution in [0.5, 0.6) is 5.75 Å². The lowest BCUT2D eigenvalue weighted by molar-refractivity contribution is -0.134. The van der Waals surface area contributed by atoms with Crippen LogP contribution in [-0.2, 0) is 16.1 Å². The van der Waals surface area contributed by atoms with Crippen LogP contribution in [0.4, 0.5) is 0 Å². The van der Waals surface area contributed by atoms with Gasteiger partial charge in [-0.25, -0.2) is 9.59 Å². The molecular formula is C25H33N3O5. The number of ether oxygens (including phenoxy) is 1. The molecule has 0 radical (unpaired) electrons. The van der Waals surface area contributed by atoms with Crippen molar-refractivity contribution in [3.05, 3.63) is 78.4 Å². The van der Waals surface area contributed by atoms with Gasteiger partial charge in [0, 0.05) is 25.2 Å². The molecule has 5 N–H and O–H groups in total. The number of unbranched alkanes of at least 4 members (excludes halogenated alkanes) is 4. The normalized spacial score (nSPS) is 10.2. The van der Waals surface area contributed by atoms with E-state index in [1.165, 1.54) is 18.4 Å². The van der Waals surface area contributed by atoms with Gasteiger partial charge in [0.1, 0.15) is 5.75 Å². The molecule has 0 saturated heterocycles. The van der Waals surface area contributed by atoms with Crippen molar-refractivity contribution in [3.63, 3.8) is 0 Å². The molecule has 2 aromatic carbocycles. The maximum Gasteiger partial charge on any atom is 0.328 e. The number of nitrogens with one attached hydrogen (secondary N) is 1. The highest BCUT2D eigenvalue weighted by Gasteiger charge is 2.07. The van der Waals surface area contributed by atoms with Crippen molar-refractivity contribution in [1.82, 2.24) is 4.90 Å². The first kappa shape index (κ1) is 27.2. The fraction of sp³-hybridized carbons (Fsp3) is 0.320. The van der Waals surface area contributed by atoms with Crippen LogP contribution in [0.2, 0.25) is 0 Å². The molecule has 33 heavy (non-hydrogen) atoms. The number of carboxylic acid groups (broad SMARTS) is 2. The van der Waals surface area contributed by atoms with E-state index in [9.17, 15) is 9.59 Å². The van der Waals surface area contributed by atoms with E-state index in [2.05, 4.69) is 12.1 Å². The molecule has 0 heterocycles. The summed E-state index contributed by atoms with van der Waals surface area (Å²) >= 11 is 0. The van der Waals surface area contributed by atoms with Crippen LogP contribution in [0, 0.1) is 5.41 Å². The molecule has 0 fully saturated rings. The predicted octanol–water partition coefficient (Wildman–Crippen LogP) is 4.12. The Labute approximate surface area is 194 Å².